The Morgan fingerprint density at radius 3 is 1.79 bits per heavy atom. The Kier molecular flexibility index (Phi) is 5.95. The number of nitro groups is 2. The van der Waals surface area contributed by atoms with Gasteiger partial charge in [-0.05, 0) is 29.8 Å². The number of hydrogen-bond acceptors (Lipinski definition) is 8. The zero-order chi connectivity index (χ0) is 21.0. The van der Waals surface area contributed by atoms with Gasteiger partial charge in [-0.3, -0.25) is 29.8 Å². The molecule has 0 fully saturated rings. The van der Waals surface area contributed by atoms with Crippen LogP contribution in [-0.4, -0.2) is 21.7 Å². The molecule has 12 heteroatoms. The fourth-order valence-corrected chi connectivity index (χ4v) is 3.72. The molecule has 0 spiro atoms. The highest BCUT2D eigenvalue weighted by Gasteiger charge is 2.16. The Hall–Kier alpha value is -3.64. The van der Waals surface area contributed by atoms with Gasteiger partial charge in [-0.25, -0.2) is 0 Å². The molecule has 2 N–H and O–H groups in total. The molecule has 0 aliphatic carbocycles. The van der Waals surface area contributed by atoms with Crippen molar-refractivity contribution in [2.75, 3.05) is 5.32 Å². The number of carbonyl (C=O) groups excluding carboxylic acids is 2. The first-order valence-corrected chi connectivity index (χ1v) is 9.64. The average molecular weight is 432 g/mol. The van der Waals surface area contributed by atoms with E-state index in [2.05, 4.69) is 10.6 Å². The van der Waals surface area contributed by atoms with Crippen molar-refractivity contribution in [2.24, 2.45) is 0 Å². The van der Waals surface area contributed by atoms with Crippen molar-refractivity contribution in [3.63, 3.8) is 0 Å². The molecule has 0 aliphatic heterocycles. The Morgan fingerprint density at radius 2 is 1.31 bits per heavy atom. The van der Waals surface area contributed by atoms with E-state index in [1.165, 1.54) is 24.3 Å². The Balaban J connectivity index is 1.55. The molecule has 3 rings (SSSR count). The summed E-state index contributed by atoms with van der Waals surface area (Å²) in [6.45, 7) is 0.204. The van der Waals surface area contributed by atoms with Crippen molar-refractivity contribution in [3.8, 4) is 0 Å². The summed E-state index contributed by atoms with van der Waals surface area (Å²) in [6.07, 6.45) is 0. The first kappa shape index (κ1) is 20.1. The van der Waals surface area contributed by atoms with Crippen LogP contribution in [0.3, 0.4) is 0 Å². The zero-order valence-electron chi connectivity index (χ0n) is 14.5. The SMILES string of the molecule is O=C(NCc1ccc(NC(=O)c2ccc([N+](=O)[O-])s2)cc1)c1ccc([N+](=O)[O-])s1. The summed E-state index contributed by atoms with van der Waals surface area (Å²) in [6, 6.07) is 12.0. The van der Waals surface area contributed by atoms with Crippen molar-refractivity contribution >= 4 is 50.2 Å². The summed E-state index contributed by atoms with van der Waals surface area (Å²) in [4.78, 5) is 44.9. The number of anilines is 1. The van der Waals surface area contributed by atoms with Gasteiger partial charge in [0.2, 0.25) is 0 Å². The molecule has 0 atom stereocenters. The molecule has 29 heavy (non-hydrogen) atoms. The van der Waals surface area contributed by atoms with Gasteiger partial charge in [0.05, 0.1) is 19.6 Å². The zero-order valence-corrected chi connectivity index (χ0v) is 16.1. The standard InChI is InChI=1S/C17H12N4O6S2/c22-16(12-5-7-14(28-12)20(24)25)18-9-10-1-3-11(4-2-10)19-17(23)13-6-8-15(29-13)21(26)27/h1-8H,9H2,(H,18,22)(H,19,23). The lowest BCUT2D eigenvalue weighted by Gasteiger charge is -2.06. The number of benzene rings is 1. The van der Waals surface area contributed by atoms with Crippen LogP contribution >= 0.6 is 22.7 Å². The fraction of sp³-hybridized carbons (Fsp3) is 0.0588. The molecular weight excluding hydrogens is 420 g/mol. The summed E-state index contributed by atoms with van der Waals surface area (Å²) in [5.74, 6) is -0.872. The Bertz CT molecular complexity index is 1090. The second-order valence-electron chi connectivity index (χ2n) is 5.62. The lowest BCUT2D eigenvalue weighted by molar-refractivity contribution is -0.380. The quantitative estimate of drug-likeness (QED) is 0.429. The Morgan fingerprint density at radius 1 is 0.793 bits per heavy atom. The van der Waals surface area contributed by atoms with E-state index in [-0.39, 0.29) is 26.3 Å². The van der Waals surface area contributed by atoms with Gasteiger partial charge < -0.3 is 10.6 Å². The number of carbonyl (C=O) groups is 2. The van der Waals surface area contributed by atoms with Crippen molar-refractivity contribution in [3.05, 3.63) is 84.1 Å². The number of rotatable bonds is 7. The van der Waals surface area contributed by atoms with Crippen molar-refractivity contribution in [1.82, 2.24) is 5.32 Å². The highest BCUT2D eigenvalue weighted by atomic mass is 32.1. The number of amides is 2. The molecule has 0 aliphatic rings. The minimum absolute atomic E-state index is 0.105. The minimum atomic E-state index is -0.557. The van der Waals surface area contributed by atoms with E-state index < -0.39 is 21.7 Å². The largest absolute Gasteiger partial charge is 0.347 e. The van der Waals surface area contributed by atoms with Crippen LogP contribution in [0.15, 0.2) is 48.5 Å². The summed E-state index contributed by atoms with van der Waals surface area (Å²) in [5, 5.41) is 26.4. The predicted molar refractivity (Wildman–Crippen MR) is 108 cm³/mol. The third-order valence-electron chi connectivity index (χ3n) is 3.66. The molecular formula is C17H12N4O6S2. The second kappa shape index (κ2) is 8.58. The summed E-state index contributed by atoms with van der Waals surface area (Å²) >= 11 is 1.58. The van der Waals surface area contributed by atoms with Crippen LogP contribution in [0, 0.1) is 20.2 Å². The monoisotopic (exact) mass is 432 g/mol. The maximum Gasteiger partial charge on any atom is 0.324 e. The van der Waals surface area contributed by atoms with Gasteiger partial charge in [-0.15, -0.1) is 0 Å². The molecule has 2 heterocycles. The molecule has 0 unspecified atom stereocenters. The first-order valence-electron chi connectivity index (χ1n) is 8.00. The van der Waals surface area contributed by atoms with Crippen LogP contribution in [0.1, 0.15) is 24.9 Å². The van der Waals surface area contributed by atoms with Crippen LogP contribution in [-0.2, 0) is 6.54 Å². The van der Waals surface area contributed by atoms with Crippen LogP contribution in [0.5, 0.6) is 0 Å². The minimum Gasteiger partial charge on any atom is -0.347 e. The molecule has 0 radical (unpaired) electrons. The number of nitrogens with zero attached hydrogens (tertiary/aromatic N) is 2. The van der Waals surface area contributed by atoms with Gasteiger partial charge in [0.15, 0.2) is 0 Å². The van der Waals surface area contributed by atoms with Gasteiger partial charge in [0, 0.05) is 24.4 Å². The van der Waals surface area contributed by atoms with Crippen LogP contribution < -0.4 is 10.6 Å². The van der Waals surface area contributed by atoms with E-state index in [1.54, 1.807) is 24.3 Å². The molecule has 3 aromatic rings. The number of thiophene rings is 2. The van der Waals surface area contributed by atoms with E-state index in [0.29, 0.717) is 5.69 Å². The third kappa shape index (κ3) is 5.00. The molecule has 148 valence electrons. The molecule has 2 amide bonds. The predicted octanol–water partition coefficient (Wildman–Crippen LogP) is 3.81. The molecule has 2 aromatic heterocycles. The van der Waals surface area contributed by atoms with Crippen molar-refractivity contribution < 1.29 is 19.4 Å². The fourth-order valence-electron chi connectivity index (χ4n) is 2.26. The summed E-state index contributed by atoms with van der Waals surface area (Å²) in [5.41, 5.74) is 1.25. The van der Waals surface area contributed by atoms with Crippen LogP contribution in [0.25, 0.3) is 0 Å². The highest BCUT2D eigenvalue weighted by Crippen LogP contribution is 2.25. The molecule has 0 bridgehead atoms. The van der Waals surface area contributed by atoms with Gasteiger partial charge in [-0.2, -0.15) is 0 Å². The van der Waals surface area contributed by atoms with E-state index >= 15 is 0 Å². The topological polar surface area (TPSA) is 144 Å². The maximum absolute atomic E-state index is 12.1. The first-order chi connectivity index (χ1) is 13.8. The average Bonchev–Trinajstić information content (AvgIpc) is 3.37. The smallest absolute Gasteiger partial charge is 0.324 e. The number of hydrogen-bond donors (Lipinski definition) is 2. The summed E-state index contributed by atoms with van der Waals surface area (Å²) in [7, 11) is 0. The van der Waals surface area contributed by atoms with E-state index in [9.17, 15) is 29.8 Å². The van der Waals surface area contributed by atoms with Gasteiger partial charge >= 0.3 is 10.0 Å². The van der Waals surface area contributed by atoms with Crippen LogP contribution in [0.4, 0.5) is 15.7 Å². The molecule has 1 aromatic carbocycles. The molecule has 0 saturated carbocycles. The lowest BCUT2D eigenvalue weighted by Crippen LogP contribution is -2.21. The third-order valence-corrected chi connectivity index (χ3v) is 5.73. The van der Waals surface area contributed by atoms with Gasteiger partial charge in [0.1, 0.15) is 0 Å². The Labute approximate surface area is 171 Å². The lowest BCUT2D eigenvalue weighted by atomic mass is 10.2. The molecule has 0 saturated heterocycles. The van der Waals surface area contributed by atoms with Gasteiger partial charge in [-0.1, -0.05) is 34.8 Å². The van der Waals surface area contributed by atoms with Crippen molar-refractivity contribution in [1.29, 1.82) is 0 Å². The highest BCUT2D eigenvalue weighted by molar-refractivity contribution is 7.17. The normalized spacial score (nSPS) is 10.3. The van der Waals surface area contributed by atoms with E-state index in [1.807, 2.05) is 0 Å². The number of nitrogens with one attached hydrogen (secondary N) is 2. The second-order valence-corrected chi connectivity index (χ2v) is 7.75. The van der Waals surface area contributed by atoms with Crippen molar-refractivity contribution in [2.45, 2.75) is 6.54 Å². The van der Waals surface area contributed by atoms with E-state index in [4.69, 9.17) is 0 Å². The van der Waals surface area contributed by atoms with Crippen LogP contribution in [0.2, 0.25) is 0 Å². The maximum atomic E-state index is 12.1. The van der Waals surface area contributed by atoms with E-state index in [0.717, 1.165) is 28.2 Å². The van der Waals surface area contributed by atoms with Gasteiger partial charge in [0.25, 0.3) is 11.8 Å². The summed E-state index contributed by atoms with van der Waals surface area (Å²) < 4.78 is 0. The molecule has 10 nitrogen and oxygen atoms in total.